The van der Waals surface area contributed by atoms with E-state index in [9.17, 15) is 19.2 Å². The van der Waals surface area contributed by atoms with Crippen molar-refractivity contribution in [1.82, 2.24) is 4.90 Å². The number of benzene rings is 2. The highest BCUT2D eigenvalue weighted by atomic mass is 32.2. The minimum absolute atomic E-state index is 0.0982. The molecule has 2 aromatic rings. The molecule has 0 spiro atoms. The van der Waals surface area contributed by atoms with Gasteiger partial charge in [0.2, 0.25) is 0 Å². The van der Waals surface area contributed by atoms with Crippen molar-refractivity contribution in [1.29, 1.82) is 0 Å². The highest BCUT2D eigenvalue weighted by Crippen LogP contribution is 2.26. The standard InChI is InChI=1S/C23H22N2O6S/c1-32-17-6-2-4-15(11-17)24-20(26)13-31-23(29)14-7-8-18-19(10-14)22(28)25(21(18)27)12-16-5-3-9-30-16/h2,4,6-8,10-11,16H,3,5,9,12-13H2,1H3,(H,24,26). The third-order valence-electron chi connectivity index (χ3n) is 5.30. The van der Waals surface area contributed by atoms with Crippen LogP contribution in [0, 0.1) is 0 Å². The van der Waals surface area contributed by atoms with E-state index in [0.717, 1.165) is 22.6 Å². The number of fused-ring (bicyclic) bond motifs is 1. The van der Waals surface area contributed by atoms with E-state index in [-0.39, 0.29) is 29.3 Å². The minimum Gasteiger partial charge on any atom is -0.452 e. The highest BCUT2D eigenvalue weighted by Gasteiger charge is 2.38. The predicted octanol–water partition coefficient (Wildman–Crippen LogP) is 2.98. The first-order chi connectivity index (χ1) is 15.5. The zero-order chi connectivity index (χ0) is 22.7. The number of ether oxygens (including phenoxy) is 2. The van der Waals surface area contributed by atoms with E-state index in [1.807, 2.05) is 24.5 Å². The van der Waals surface area contributed by atoms with Gasteiger partial charge in [-0.15, -0.1) is 11.8 Å². The molecule has 1 fully saturated rings. The van der Waals surface area contributed by atoms with Gasteiger partial charge in [-0.1, -0.05) is 6.07 Å². The molecule has 0 aliphatic carbocycles. The molecule has 0 aromatic heterocycles. The largest absolute Gasteiger partial charge is 0.452 e. The van der Waals surface area contributed by atoms with Gasteiger partial charge in [0, 0.05) is 17.2 Å². The lowest BCUT2D eigenvalue weighted by Crippen LogP contribution is -2.36. The van der Waals surface area contributed by atoms with Gasteiger partial charge in [0.05, 0.1) is 29.3 Å². The van der Waals surface area contributed by atoms with Gasteiger partial charge < -0.3 is 14.8 Å². The Kier molecular flexibility index (Phi) is 6.57. The number of nitrogens with one attached hydrogen (secondary N) is 1. The minimum atomic E-state index is -0.751. The van der Waals surface area contributed by atoms with E-state index >= 15 is 0 Å². The van der Waals surface area contributed by atoms with Gasteiger partial charge in [0.25, 0.3) is 17.7 Å². The predicted molar refractivity (Wildman–Crippen MR) is 118 cm³/mol. The van der Waals surface area contributed by atoms with Crippen LogP contribution in [0.1, 0.15) is 43.9 Å². The molecule has 0 bridgehead atoms. The molecule has 0 saturated carbocycles. The number of carbonyl (C=O) groups excluding carboxylic acids is 4. The van der Waals surface area contributed by atoms with Crippen molar-refractivity contribution < 1.29 is 28.7 Å². The highest BCUT2D eigenvalue weighted by molar-refractivity contribution is 7.98. The van der Waals surface area contributed by atoms with Crippen LogP contribution in [0.5, 0.6) is 0 Å². The average Bonchev–Trinajstić information content (AvgIpc) is 3.40. The molecular formula is C23H22N2O6S. The quantitative estimate of drug-likeness (QED) is 0.390. The van der Waals surface area contributed by atoms with Gasteiger partial charge in [-0.3, -0.25) is 19.3 Å². The fourth-order valence-electron chi connectivity index (χ4n) is 3.69. The Morgan fingerprint density at radius 3 is 2.72 bits per heavy atom. The van der Waals surface area contributed by atoms with Crippen LogP contribution in [0.15, 0.2) is 47.4 Å². The number of rotatable bonds is 7. The second-order valence-electron chi connectivity index (χ2n) is 7.47. The van der Waals surface area contributed by atoms with Crippen LogP contribution in [-0.4, -0.2) is 60.7 Å². The van der Waals surface area contributed by atoms with Gasteiger partial charge in [-0.25, -0.2) is 4.79 Å². The molecule has 8 nitrogen and oxygen atoms in total. The monoisotopic (exact) mass is 454 g/mol. The summed E-state index contributed by atoms with van der Waals surface area (Å²) in [5.74, 6) is -2.08. The maximum absolute atomic E-state index is 12.7. The van der Waals surface area contributed by atoms with Gasteiger partial charge in [0.15, 0.2) is 6.61 Å². The molecule has 9 heteroatoms. The summed E-state index contributed by atoms with van der Waals surface area (Å²) < 4.78 is 10.6. The molecule has 4 rings (SSSR count). The Balaban J connectivity index is 1.37. The lowest BCUT2D eigenvalue weighted by molar-refractivity contribution is -0.119. The van der Waals surface area contributed by atoms with Crippen LogP contribution in [0.3, 0.4) is 0 Å². The summed E-state index contributed by atoms with van der Waals surface area (Å²) in [6.07, 6.45) is 3.48. The van der Waals surface area contributed by atoms with Crippen molar-refractivity contribution in [2.45, 2.75) is 23.8 Å². The maximum atomic E-state index is 12.7. The summed E-state index contributed by atoms with van der Waals surface area (Å²) in [4.78, 5) is 52.0. The van der Waals surface area contributed by atoms with Crippen LogP contribution in [-0.2, 0) is 14.3 Å². The fraction of sp³-hybridized carbons (Fsp3) is 0.304. The van der Waals surface area contributed by atoms with Crippen LogP contribution >= 0.6 is 11.8 Å². The number of thioether (sulfide) groups is 1. The lowest BCUT2D eigenvalue weighted by atomic mass is 10.1. The number of nitrogens with zero attached hydrogens (tertiary/aromatic N) is 1. The third kappa shape index (κ3) is 4.68. The van der Waals surface area contributed by atoms with Crippen molar-refractivity contribution in [2.24, 2.45) is 0 Å². The van der Waals surface area contributed by atoms with Gasteiger partial charge in [-0.2, -0.15) is 0 Å². The maximum Gasteiger partial charge on any atom is 0.338 e. The van der Waals surface area contributed by atoms with E-state index in [0.29, 0.717) is 12.3 Å². The van der Waals surface area contributed by atoms with Crippen LogP contribution in [0.4, 0.5) is 5.69 Å². The molecule has 1 atom stereocenters. The van der Waals surface area contributed by atoms with Crippen molar-refractivity contribution in [3.05, 3.63) is 59.2 Å². The topological polar surface area (TPSA) is 102 Å². The summed E-state index contributed by atoms with van der Waals surface area (Å²) in [5, 5.41) is 2.67. The third-order valence-corrected chi connectivity index (χ3v) is 6.03. The van der Waals surface area contributed by atoms with Gasteiger partial charge in [0.1, 0.15) is 0 Å². The molecule has 32 heavy (non-hydrogen) atoms. The van der Waals surface area contributed by atoms with E-state index in [1.165, 1.54) is 18.2 Å². The number of imide groups is 1. The SMILES string of the molecule is CSc1cccc(NC(=O)COC(=O)c2ccc3c(c2)C(=O)N(CC2CCCO2)C3=O)c1. The summed E-state index contributed by atoms with van der Waals surface area (Å²) in [6.45, 7) is 0.349. The molecule has 1 unspecified atom stereocenters. The Morgan fingerprint density at radius 2 is 1.97 bits per heavy atom. The number of hydrogen-bond acceptors (Lipinski definition) is 7. The van der Waals surface area contributed by atoms with Gasteiger partial charge >= 0.3 is 5.97 Å². The van der Waals surface area contributed by atoms with Crippen LogP contribution in [0.25, 0.3) is 0 Å². The molecule has 2 heterocycles. The molecule has 2 aromatic carbocycles. The Morgan fingerprint density at radius 1 is 1.16 bits per heavy atom. The molecule has 1 saturated heterocycles. The Hall–Kier alpha value is -3.17. The van der Waals surface area contributed by atoms with Crippen LogP contribution < -0.4 is 5.32 Å². The summed E-state index contributed by atoms with van der Waals surface area (Å²) in [7, 11) is 0. The first-order valence-corrected chi connectivity index (χ1v) is 11.4. The summed E-state index contributed by atoms with van der Waals surface area (Å²) in [5.41, 5.74) is 1.10. The molecular weight excluding hydrogens is 432 g/mol. The fourth-order valence-corrected chi connectivity index (χ4v) is 4.15. The van der Waals surface area contributed by atoms with E-state index < -0.39 is 30.3 Å². The zero-order valence-corrected chi connectivity index (χ0v) is 18.3. The number of carbonyl (C=O) groups is 4. The molecule has 1 N–H and O–H groups in total. The van der Waals surface area contributed by atoms with Crippen molar-refractivity contribution in [3.8, 4) is 0 Å². The van der Waals surface area contributed by atoms with E-state index in [4.69, 9.17) is 9.47 Å². The first kappa shape index (κ1) is 22.0. The number of esters is 1. The van der Waals surface area contributed by atoms with E-state index in [1.54, 1.807) is 17.8 Å². The van der Waals surface area contributed by atoms with Crippen molar-refractivity contribution in [3.63, 3.8) is 0 Å². The number of hydrogen-bond donors (Lipinski definition) is 1. The summed E-state index contributed by atoms with van der Waals surface area (Å²) >= 11 is 1.55. The average molecular weight is 455 g/mol. The normalized spacial score (nSPS) is 17.4. The Bertz CT molecular complexity index is 1080. The number of amides is 3. The molecule has 2 aliphatic heterocycles. The summed E-state index contributed by atoms with van der Waals surface area (Å²) in [6, 6.07) is 11.5. The molecule has 2 aliphatic rings. The first-order valence-electron chi connectivity index (χ1n) is 10.2. The second kappa shape index (κ2) is 9.54. The molecule has 0 radical (unpaired) electrons. The lowest BCUT2D eigenvalue weighted by Gasteiger charge is -2.17. The zero-order valence-electron chi connectivity index (χ0n) is 17.5. The number of anilines is 1. The van der Waals surface area contributed by atoms with Crippen molar-refractivity contribution in [2.75, 3.05) is 31.3 Å². The van der Waals surface area contributed by atoms with Gasteiger partial charge in [-0.05, 0) is 55.5 Å². The van der Waals surface area contributed by atoms with Crippen LogP contribution in [0.2, 0.25) is 0 Å². The Labute approximate surface area is 189 Å². The second-order valence-corrected chi connectivity index (χ2v) is 8.35. The smallest absolute Gasteiger partial charge is 0.338 e. The molecule has 166 valence electrons. The van der Waals surface area contributed by atoms with Crippen molar-refractivity contribution >= 4 is 41.1 Å². The molecule has 3 amide bonds. The van der Waals surface area contributed by atoms with E-state index in [2.05, 4.69) is 5.32 Å².